The standard InChI is InChI=1S/C9H18FNO/c1-7(6-12-2)11-9-5-3-4-8(9)10/h7-9,11H,3-6H2,1-2H3/t7?,8-,9-/m1/s1. The van der Waals surface area contributed by atoms with Crippen molar-refractivity contribution in [1.29, 1.82) is 0 Å². The number of halogens is 1. The summed E-state index contributed by atoms with van der Waals surface area (Å²) in [7, 11) is 1.67. The van der Waals surface area contributed by atoms with Crippen LogP contribution in [0, 0.1) is 0 Å². The molecule has 1 aliphatic carbocycles. The summed E-state index contributed by atoms with van der Waals surface area (Å²) in [6.07, 6.45) is 2.05. The smallest absolute Gasteiger partial charge is 0.115 e. The van der Waals surface area contributed by atoms with Gasteiger partial charge in [-0.3, -0.25) is 0 Å². The van der Waals surface area contributed by atoms with Crippen molar-refractivity contribution < 1.29 is 9.13 Å². The van der Waals surface area contributed by atoms with Gasteiger partial charge >= 0.3 is 0 Å². The first-order valence-corrected chi connectivity index (χ1v) is 4.63. The van der Waals surface area contributed by atoms with Crippen LogP contribution in [0.5, 0.6) is 0 Å². The Hall–Kier alpha value is -0.150. The topological polar surface area (TPSA) is 21.3 Å². The molecule has 72 valence electrons. The quantitative estimate of drug-likeness (QED) is 0.699. The highest BCUT2D eigenvalue weighted by atomic mass is 19.1. The van der Waals surface area contributed by atoms with E-state index in [0.29, 0.717) is 6.61 Å². The first-order chi connectivity index (χ1) is 5.74. The van der Waals surface area contributed by atoms with E-state index in [1.54, 1.807) is 7.11 Å². The fourth-order valence-electron chi connectivity index (χ4n) is 1.77. The Bertz CT molecular complexity index is 132. The molecule has 0 aromatic heterocycles. The lowest BCUT2D eigenvalue weighted by molar-refractivity contribution is 0.157. The maximum Gasteiger partial charge on any atom is 0.115 e. The van der Waals surface area contributed by atoms with E-state index in [4.69, 9.17) is 4.74 Å². The normalized spacial score (nSPS) is 32.2. The minimum absolute atomic E-state index is 0.0650. The van der Waals surface area contributed by atoms with Gasteiger partial charge in [-0.05, 0) is 26.2 Å². The Morgan fingerprint density at radius 1 is 1.58 bits per heavy atom. The van der Waals surface area contributed by atoms with Gasteiger partial charge in [0.1, 0.15) is 6.17 Å². The molecule has 1 unspecified atom stereocenters. The second-order valence-corrected chi connectivity index (χ2v) is 3.58. The van der Waals surface area contributed by atoms with E-state index in [1.165, 1.54) is 0 Å². The van der Waals surface area contributed by atoms with Crippen molar-refractivity contribution in [1.82, 2.24) is 5.32 Å². The molecule has 0 heterocycles. The van der Waals surface area contributed by atoms with Gasteiger partial charge in [0.15, 0.2) is 0 Å². The molecular formula is C9H18FNO. The third kappa shape index (κ3) is 2.72. The molecule has 0 bridgehead atoms. The molecule has 12 heavy (non-hydrogen) atoms. The molecule has 0 radical (unpaired) electrons. The van der Waals surface area contributed by atoms with Crippen LogP contribution in [0.3, 0.4) is 0 Å². The molecule has 0 saturated heterocycles. The number of ether oxygens (including phenoxy) is 1. The first-order valence-electron chi connectivity index (χ1n) is 4.63. The van der Waals surface area contributed by atoms with Crippen LogP contribution in [0.4, 0.5) is 4.39 Å². The Labute approximate surface area is 73.5 Å². The predicted octanol–water partition coefficient (Wildman–Crippen LogP) is 1.50. The molecule has 1 saturated carbocycles. The van der Waals surface area contributed by atoms with E-state index >= 15 is 0 Å². The maximum atomic E-state index is 13.1. The minimum Gasteiger partial charge on any atom is -0.383 e. The van der Waals surface area contributed by atoms with Crippen LogP contribution in [0.2, 0.25) is 0 Å². The molecule has 1 N–H and O–H groups in total. The number of methoxy groups -OCH3 is 1. The van der Waals surface area contributed by atoms with Crippen LogP contribution in [0.15, 0.2) is 0 Å². The number of rotatable bonds is 4. The van der Waals surface area contributed by atoms with Crippen molar-refractivity contribution in [3.8, 4) is 0 Å². The van der Waals surface area contributed by atoms with Crippen molar-refractivity contribution in [2.24, 2.45) is 0 Å². The molecule has 0 aromatic rings. The van der Waals surface area contributed by atoms with Gasteiger partial charge in [0, 0.05) is 19.2 Å². The average molecular weight is 175 g/mol. The lowest BCUT2D eigenvalue weighted by atomic mass is 10.2. The summed E-state index contributed by atoms with van der Waals surface area (Å²) < 4.78 is 18.0. The number of alkyl halides is 1. The second-order valence-electron chi connectivity index (χ2n) is 3.58. The van der Waals surface area contributed by atoms with Crippen molar-refractivity contribution in [2.75, 3.05) is 13.7 Å². The van der Waals surface area contributed by atoms with Crippen LogP contribution >= 0.6 is 0 Å². The molecule has 1 rings (SSSR count). The highest BCUT2D eigenvalue weighted by Crippen LogP contribution is 2.22. The summed E-state index contributed by atoms with van der Waals surface area (Å²) in [5, 5.41) is 3.23. The zero-order valence-electron chi connectivity index (χ0n) is 7.85. The number of hydrogen-bond donors (Lipinski definition) is 1. The average Bonchev–Trinajstić information content (AvgIpc) is 2.37. The first kappa shape index (κ1) is 9.93. The minimum atomic E-state index is -0.649. The Morgan fingerprint density at radius 3 is 2.83 bits per heavy atom. The van der Waals surface area contributed by atoms with Crippen molar-refractivity contribution in [3.63, 3.8) is 0 Å². The SMILES string of the molecule is COCC(C)N[C@@H]1CCC[C@H]1F. The van der Waals surface area contributed by atoms with E-state index in [-0.39, 0.29) is 12.1 Å². The van der Waals surface area contributed by atoms with Gasteiger partial charge in [-0.2, -0.15) is 0 Å². The molecule has 1 aliphatic rings. The Morgan fingerprint density at radius 2 is 2.33 bits per heavy atom. The van der Waals surface area contributed by atoms with Gasteiger partial charge in [0.05, 0.1) is 6.61 Å². The lowest BCUT2D eigenvalue weighted by Gasteiger charge is -2.20. The monoisotopic (exact) mass is 175 g/mol. The lowest BCUT2D eigenvalue weighted by Crippen LogP contribution is -2.41. The summed E-state index contributed by atoms with van der Waals surface area (Å²) in [5.41, 5.74) is 0. The fraction of sp³-hybridized carbons (Fsp3) is 1.00. The van der Waals surface area contributed by atoms with E-state index in [9.17, 15) is 4.39 Å². The van der Waals surface area contributed by atoms with Crippen LogP contribution in [0.25, 0.3) is 0 Å². The van der Waals surface area contributed by atoms with E-state index in [1.807, 2.05) is 6.92 Å². The van der Waals surface area contributed by atoms with Crippen molar-refractivity contribution in [3.05, 3.63) is 0 Å². The zero-order valence-corrected chi connectivity index (χ0v) is 7.85. The zero-order chi connectivity index (χ0) is 8.97. The molecule has 3 atom stereocenters. The summed E-state index contributed by atoms with van der Waals surface area (Å²) in [6, 6.07) is 0.325. The second kappa shape index (κ2) is 4.77. The van der Waals surface area contributed by atoms with Gasteiger partial charge in [0.2, 0.25) is 0 Å². The summed E-state index contributed by atoms with van der Waals surface area (Å²) in [5.74, 6) is 0. The summed E-state index contributed by atoms with van der Waals surface area (Å²) in [6.45, 7) is 2.68. The predicted molar refractivity (Wildman–Crippen MR) is 47.0 cm³/mol. The van der Waals surface area contributed by atoms with Gasteiger partial charge in [-0.15, -0.1) is 0 Å². The summed E-state index contributed by atoms with van der Waals surface area (Å²) >= 11 is 0. The molecule has 1 fully saturated rings. The van der Waals surface area contributed by atoms with E-state index < -0.39 is 6.17 Å². The van der Waals surface area contributed by atoms with Gasteiger partial charge in [0.25, 0.3) is 0 Å². The van der Waals surface area contributed by atoms with Gasteiger partial charge in [-0.25, -0.2) is 4.39 Å². The molecule has 2 nitrogen and oxygen atoms in total. The largest absolute Gasteiger partial charge is 0.383 e. The van der Waals surface area contributed by atoms with Crippen LogP contribution in [-0.4, -0.2) is 32.0 Å². The molecule has 0 aromatic carbocycles. The molecule has 0 aliphatic heterocycles. The maximum absolute atomic E-state index is 13.1. The van der Waals surface area contributed by atoms with Crippen LogP contribution in [0.1, 0.15) is 26.2 Å². The Kier molecular flexibility index (Phi) is 3.95. The molecular weight excluding hydrogens is 157 g/mol. The fourth-order valence-corrected chi connectivity index (χ4v) is 1.77. The summed E-state index contributed by atoms with van der Waals surface area (Å²) in [4.78, 5) is 0. The molecule has 0 amide bonds. The highest BCUT2D eigenvalue weighted by Gasteiger charge is 2.27. The third-order valence-corrected chi connectivity index (χ3v) is 2.35. The third-order valence-electron chi connectivity index (χ3n) is 2.35. The Balaban J connectivity index is 2.20. The number of hydrogen-bond acceptors (Lipinski definition) is 2. The molecule has 3 heteroatoms. The van der Waals surface area contributed by atoms with E-state index in [0.717, 1.165) is 19.3 Å². The van der Waals surface area contributed by atoms with Gasteiger partial charge in [-0.1, -0.05) is 0 Å². The number of nitrogens with one attached hydrogen (secondary N) is 1. The van der Waals surface area contributed by atoms with Crippen LogP contribution in [-0.2, 0) is 4.74 Å². The van der Waals surface area contributed by atoms with E-state index in [2.05, 4.69) is 5.32 Å². The van der Waals surface area contributed by atoms with Crippen LogP contribution < -0.4 is 5.32 Å². The molecule has 0 spiro atoms. The van der Waals surface area contributed by atoms with Crippen molar-refractivity contribution in [2.45, 2.75) is 44.4 Å². The van der Waals surface area contributed by atoms with Gasteiger partial charge < -0.3 is 10.1 Å². The highest BCUT2D eigenvalue weighted by molar-refractivity contribution is 4.84. The van der Waals surface area contributed by atoms with Crippen molar-refractivity contribution >= 4 is 0 Å².